The Bertz CT molecular complexity index is 545. The van der Waals surface area contributed by atoms with Crippen molar-refractivity contribution >= 4 is 17.7 Å². The molecule has 21 heavy (non-hydrogen) atoms. The van der Waals surface area contributed by atoms with Crippen LogP contribution in [0.1, 0.15) is 18.4 Å². The number of hydrogen-bond acceptors (Lipinski definition) is 3. The minimum Gasteiger partial charge on any atom is -0.478 e. The molecule has 1 heterocycles. The van der Waals surface area contributed by atoms with Gasteiger partial charge < -0.3 is 14.9 Å². The fourth-order valence-corrected chi connectivity index (χ4v) is 2.79. The fourth-order valence-electron chi connectivity index (χ4n) is 2.79. The molecule has 1 aliphatic rings. The van der Waals surface area contributed by atoms with Crippen molar-refractivity contribution in [3.8, 4) is 0 Å². The molecule has 0 bridgehead atoms. The van der Waals surface area contributed by atoms with Gasteiger partial charge in [0, 0.05) is 37.0 Å². The van der Waals surface area contributed by atoms with Crippen molar-refractivity contribution in [2.75, 3.05) is 32.1 Å². The van der Waals surface area contributed by atoms with Gasteiger partial charge in [-0.3, -0.25) is 0 Å². The van der Waals surface area contributed by atoms with E-state index < -0.39 is 5.97 Å². The van der Waals surface area contributed by atoms with Crippen LogP contribution >= 0.6 is 0 Å². The topological polar surface area (TPSA) is 43.8 Å². The number of carboxylic acid groups (broad SMARTS) is 1. The Morgan fingerprint density at radius 1 is 1.57 bits per heavy atom. The lowest BCUT2D eigenvalue weighted by atomic mass is 10.1. The molecule has 1 saturated heterocycles. The summed E-state index contributed by atoms with van der Waals surface area (Å²) in [5.74, 6) is -1.40. The van der Waals surface area contributed by atoms with E-state index >= 15 is 0 Å². The summed E-state index contributed by atoms with van der Waals surface area (Å²) in [7, 11) is 4.07. The first-order chi connectivity index (χ1) is 9.97. The zero-order valence-electron chi connectivity index (χ0n) is 12.4. The highest BCUT2D eigenvalue weighted by molar-refractivity contribution is 5.87. The van der Waals surface area contributed by atoms with Crippen LogP contribution in [0.25, 0.3) is 6.08 Å². The molecule has 0 spiro atoms. The monoisotopic (exact) mass is 292 g/mol. The summed E-state index contributed by atoms with van der Waals surface area (Å²) in [6, 6.07) is 4.95. The molecule has 114 valence electrons. The smallest absolute Gasteiger partial charge is 0.328 e. The highest BCUT2D eigenvalue weighted by atomic mass is 19.1. The number of likely N-dealkylation sites (N-methyl/N-ethyl adjacent to an activating group) is 2. The van der Waals surface area contributed by atoms with Crippen LogP contribution in [0.3, 0.4) is 0 Å². The second kappa shape index (κ2) is 6.72. The maximum atomic E-state index is 13.4. The van der Waals surface area contributed by atoms with Gasteiger partial charge in [0.1, 0.15) is 5.82 Å². The molecule has 2 rings (SSSR count). The number of halogens is 1. The van der Waals surface area contributed by atoms with Gasteiger partial charge in [-0.05, 0) is 50.7 Å². The first-order valence-electron chi connectivity index (χ1n) is 7.09. The zero-order chi connectivity index (χ0) is 15.4. The van der Waals surface area contributed by atoms with E-state index in [2.05, 4.69) is 16.8 Å². The van der Waals surface area contributed by atoms with Gasteiger partial charge in [-0.1, -0.05) is 0 Å². The molecule has 0 radical (unpaired) electrons. The Morgan fingerprint density at radius 2 is 2.33 bits per heavy atom. The van der Waals surface area contributed by atoms with Crippen LogP contribution in [0.15, 0.2) is 24.3 Å². The summed E-state index contributed by atoms with van der Waals surface area (Å²) >= 11 is 0. The molecule has 5 heteroatoms. The summed E-state index contributed by atoms with van der Waals surface area (Å²) in [5.41, 5.74) is 1.43. The molecule has 0 aliphatic carbocycles. The van der Waals surface area contributed by atoms with E-state index in [1.807, 2.05) is 7.05 Å². The highest BCUT2D eigenvalue weighted by Crippen LogP contribution is 2.24. The normalized spacial score (nSPS) is 19.3. The molecule has 0 aromatic heterocycles. The predicted molar refractivity (Wildman–Crippen MR) is 82.0 cm³/mol. The molecule has 1 N–H and O–H groups in total. The van der Waals surface area contributed by atoms with Crippen LogP contribution in [0.5, 0.6) is 0 Å². The van der Waals surface area contributed by atoms with Gasteiger partial charge in [0.25, 0.3) is 0 Å². The number of carboxylic acids is 1. The molecule has 1 fully saturated rings. The van der Waals surface area contributed by atoms with Crippen LogP contribution in [0, 0.1) is 5.82 Å². The van der Waals surface area contributed by atoms with Crippen LogP contribution in [-0.2, 0) is 4.79 Å². The van der Waals surface area contributed by atoms with Crippen molar-refractivity contribution in [1.82, 2.24) is 4.90 Å². The van der Waals surface area contributed by atoms with Gasteiger partial charge in [0.2, 0.25) is 0 Å². The third kappa shape index (κ3) is 4.04. The number of aliphatic carboxylic acids is 1. The summed E-state index contributed by atoms with van der Waals surface area (Å²) < 4.78 is 13.4. The van der Waals surface area contributed by atoms with E-state index in [0.717, 1.165) is 31.3 Å². The van der Waals surface area contributed by atoms with E-state index in [9.17, 15) is 9.18 Å². The Hall–Kier alpha value is -1.88. The van der Waals surface area contributed by atoms with Crippen LogP contribution < -0.4 is 4.90 Å². The Kier molecular flexibility index (Phi) is 4.96. The molecule has 0 amide bonds. The molecule has 1 aromatic carbocycles. The van der Waals surface area contributed by atoms with E-state index in [0.29, 0.717) is 11.6 Å². The minimum absolute atomic E-state index is 0.366. The molecule has 1 aromatic rings. The fraction of sp³-hybridized carbons (Fsp3) is 0.438. The number of benzene rings is 1. The summed E-state index contributed by atoms with van der Waals surface area (Å²) in [6.07, 6.45) is 4.83. The second-order valence-corrected chi connectivity index (χ2v) is 5.53. The average Bonchev–Trinajstić information content (AvgIpc) is 2.82. The summed E-state index contributed by atoms with van der Waals surface area (Å²) in [4.78, 5) is 15.0. The zero-order valence-corrected chi connectivity index (χ0v) is 12.4. The van der Waals surface area contributed by atoms with Crippen molar-refractivity contribution in [1.29, 1.82) is 0 Å². The first kappa shape index (κ1) is 15.5. The summed E-state index contributed by atoms with van der Waals surface area (Å²) in [6.45, 7) is 1.95. The summed E-state index contributed by atoms with van der Waals surface area (Å²) in [5, 5.41) is 8.74. The van der Waals surface area contributed by atoms with Crippen molar-refractivity contribution in [2.24, 2.45) is 0 Å². The lowest BCUT2D eigenvalue weighted by Crippen LogP contribution is -2.36. The Labute approximate surface area is 124 Å². The average molecular weight is 292 g/mol. The SMILES string of the molecule is CN(CC1CCCN1C)c1ccc(F)cc1C=CC(=O)O. The van der Waals surface area contributed by atoms with Crippen LogP contribution in [0.4, 0.5) is 10.1 Å². The number of nitrogens with zero attached hydrogens (tertiary/aromatic N) is 2. The standard InChI is InChI=1S/C16H21FN2O2/c1-18-9-3-4-14(18)11-19(2)15-7-6-13(17)10-12(15)5-8-16(20)21/h5-8,10,14H,3-4,9,11H2,1-2H3,(H,20,21). The van der Waals surface area contributed by atoms with E-state index in [1.165, 1.54) is 24.6 Å². The maximum absolute atomic E-state index is 13.4. The van der Waals surface area contributed by atoms with E-state index in [1.54, 1.807) is 6.07 Å². The van der Waals surface area contributed by atoms with Crippen molar-refractivity contribution in [3.63, 3.8) is 0 Å². The van der Waals surface area contributed by atoms with E-state index in [4.69, 9.17) is 5.11 Å². The van der Waals surface area contributed by atoms with Gasteiger partial charge in [-0.2, -0.15) is 0 Å². The number of rotatable bonds is 5. The lowest BCUT2D eigenvalue weighted by molar-refractivity contribution is -0.131. The quantitative estimate of drug-likeness (QED) is 0.847. The largest absolute Gasteiger partial charge is 0.478 e. The van der Waals surface area contributed by atoms with Crippen LogP contribution in [-0.4, -0.2) is 49.2 Å². The molecule has 0 saturated carbocycles. The van der Waals surface area contributed by atoms with Crippen LogP contribution in [0.2, 0.25) is 0 Å². The van der Waals surface area contributed by atoms with Gasteiger partial charge in [0.15, 0.2) is 0 Å². The number of likely N-dealkylation sites (tertiary alicyclic amines) is 1. The third-order valence-electron chi connectivity index (χ3n) is 3.96. The minimum atomic E-state index is -1.04. The number of anilines is 1. The van der Waals surface area contributed by atoms with Crippen molar-refractivity contribution < 1.29 is 14.3 Å². The maximum Gasteiger partial charge on any atom is 0.328 e. The van der Waals surface area contributed by atoms with Gasteiger partial charge in [-0.15, -0.1) is 0 Å². The number of carbonyl (C=O) groups is 1. The Morgan fingerprint density at radius 3 is 2.95 bits per heavy atom. The number of hydrogen-bond donors (Lipinski definition) is 1. The van der Waals surface area contributed by atoms with E-state index in [-0.39, 0.29) is 5.82 Å². The molecule has 1 aliphatic heterocycles. The molecule has 1 unspecified atom stereocenters. The lowest BCUT2D eigenvalue weighted by Gasteiger charge is -2.28. The Balaban J connectivity index is 2.19. The third-order valence-corrected chi connectivity index (χ3v) is 3.96. The predicted octanol–water partition coefficient (Wildman–Crippen LogP) is 2.45. The first-order valence-corrected chi connectivity index (χ1v) is 7.09. The van der Waals surface area contributed by atoms with Gasteiger partial charge in [0.05, 0.1) is 0 Å². The van der Waals surface area contributed by atoms with Crippen molar-refractivity contribution in [2.45, 2.75) is 18.9 Å². The second-order valence-electron chi connectivity index (χ2n) is 5.53. The molecular weight excluding hydrogens is 271 g/mol. The molecular formula is C16H21FN2O2. The van der Waals surface area contributed by atoms with Gasteiger partial charge in [-0.25, -0.2) is 9.18 Å². The van der Waals surface area contributed by atoms with Gasteiger partial charge >= 0.3 is 5.97 Å². The highest BCUT2D eigenvalue weighted by Gasteiger charge is 2.22. The van der Waals surface area contributed by atoms with Crippen molar-refractivity contribution in [3.05, 3.63) is 35.7 Å². The molecule has 1 atom stereocenters. The molecule has 4 nitrogen and oxygen atoms in total.